The Morgan fingerprint density at radius 3 is 2.75 bits per heavy atom. The summed E-state index contributed by atoms with van der Waals surface area (Å²) < 4.78 is 11.1. The Labute approximate surface area is 71.9 Å². The molecule has 2 saturated heterocycles. The van der Waals surface area contributed by atoms with Gasteiger partial charge in [-0.15, -0.1) is 0 Å². The van der Waals surface area contributed by atoms with E-state index in [-0.39, 0.29) is 12.2 Å². The number of aliphatic hydroxyl groups is 1. The van der Waals surface area contributed by atoms with Crippen LogP contribution in [-0.2, 0) is 9.47 Å². The largest absolute Gasteiger partial charge is 0.389 e. The lowest BCUT2D eigenvalue weighted by atomic mass is 10.0. The summed E-state index contributed by atoms with van der Waals surface area (Å²) in [6.45, 7) is 5.11. The second kappa shape index (κ2) is 2.67. The molecule has 12 heavy (non-hydrogen) atoms. The van der Waals surface area contributed by atoms with Crippen LogP contribution in [0.2, 0.25) is 0 Å². The van der Waals surface area contributed by atoms with Crippen molar-refractivity contribution in [1.29, 1.82) is 0 Å². The summed E-state index contributed by atoms with van der Waals surface area (Å²) in [6.07, 6.45) is -0.587. The molecule has 0 aliphatic carbocycles. The predicted molar refractivity (Wildman–Crippen MR) is 42.7 cm³/mol. The van der Waals surface area contributed by atoms with Gasteiger partial charge in [-0.1, -0.05) is 0 Å². The average molecular weight is 173 g/mol. The van der Waals surface area contributed by atoms with Gasteiger partial charge in [0.1, 0.15) is 12.2 Å². The summed E-state index contributed by atoms with van der Waals surface area (Å²) >= 11 is 0. The minimum atomic E-state index is -0.539. The smallest absolute Gasteiger partial charge is 0.163 e. The Balaban J connectivity index is 2.09. The highest BCUT2D eigenvalue weighted by atomic mass is 16.8. The summed E-state index contributed by atoms with van der Waals surface area (Å²) in [5.41, 5.74) is 0. The van der Waals surface area contributed by atoms with Crippen LogP contribution in [0, 0.1) is 0 Å². The van der Waals surface area contributed by atoms with E-state index in [1.54, 1.807) is 0 Å². The van der Waals surface area contributed by atoms with Crippen molar-refractivity contribution < 1.29 is 14.6 Å². The summed E-state index contributed by atoms with van der Waals surface area (Å²) in [4.78, 5) is 0. The first-order valence-electron chi connectivity index (χ1n) is 4.33. The van der Waals surface area contributed by atoms with Gasteiger partial charge in [0.2, 0.25) is 0 Å². The molecule has 2 N–H and O–H groups in total. The number of β-amino-alcohol motifs (C(OH)–C–C–N with tert-alkyl or cyclic N) is 1. The average Bonchev–Trinajstić information content (AvgIpc) is 2.25. The van der Waals surface area contributed by atoms with Gasteiger partial charge in [-0.05, 0) is 13.8 Å². The minimum Gasteiger partial charge on any atom is -0.389 e. The van der Waals surface area contributed by atoms with E-state index in [9.17, 15) is 5.11 Å². The zero-order chi connectivity index (χ0) is 8.77. The molecule has 0 bridgehead atoms. The zero-order valence-corrected chi connectivity index (χ0v) is 7.41. The molecule has 0 radical (unpaired) electrons. The van der Waals surface area contributed by atoms with Gasteiger partial charge in [-0.2, -0.15) is 0 Å². The molecule has 2 rings (SSSR count). The Morgan fingerprint density at radius 1 is 1.33 bits per heavy atom. The molecule has 70 valence electrons. The molecule has 4 nitrogen and oxygen atoms in total. The van der Waals surface area contributed by atoms with Crippen LogP contribution >= 0.6 is 0 Å². The summed E-state index contributed by atoms with van der Waals surface area (Å²) in [7, 11) is 0. The molecule has 0 aromatic rings. The SMILES string of the molecule is CC1(C)O[C@@H]2[C@H](O)CNC[C@@H]2O1. The first kappa shape index (κ1) is 8.44. The molecule has 2 fully saturated rings. The number of nitrogens with one attached hydrogen (secondary N) is 1. The van der Waals surface area contributed by atoms with Crippen molar-refractivity contribution in [2.45, 2.75) is 37.9 Å². The van der Waals surface area contributed by atoms with E-state index in [0.29, 0.717) is 6.54 Å². The van der Waals surface area contributed by atoms with Crippen LogP contribution in [0.3, 0.4) is 0 Å². The van der Waals surface area contributed by atoms with E-state index >= 15 is 0 Å². The van der Waals surface area contributed by atoms with Crippen LogP contribution in [0.25, 0.3) is 0 Å². The van der Waals surface area contributed by atoms with E-state index < -0.39 is 11.9 Å². The second-order valence-electron chi connectivity index (χ2n) is 3.86. The molecule has 0 aromatic heterocycles. The van der Waals surface area contributed by atoms with Crippen LogP contribution in [0.5, 0.6) is 0 Å². The van der Waals surface area contributed by atoms with Crippen LogP contribution in [-0.4, -0.2) is 42.3 Å². The fraction of sp³-hybridized carbons (Fsp3) is 1.00. The highest BCUT2D eigenvalue weighted by Crippen LogP contribution is 2.30. The maximum Gasteiger partial charge on any atom is 0.163 e. The fourth-order valence-corrected chi connectivity index (χ4v) is 1.84. The van der Waals surface area contributed by atoms with Crippen molar-refractivity contribution >= 4 is 0 Å². The van der Waals surface area contributed by atoms with E-state index in [4.69, 9.17) is 9.47 Å². The molecular weight excluding hydrogens is 158 g/mol. The number of piperidine rings is 1. The van der Waals surface area contributed by atoms with E-state index in [2.05, 4.69) is 5.32 Å². The van der Waals surface area contributed by atoms with Gasteiger partial charge in [0.05, 0.1) is 6.10 Å². The molecule has 0 unspecified atom stereocenters. The molecule has 2 aliphatic rings. The Hall–Kier alpha value is -0.160. The van der Waals surface area contributed by atoms with Crippen LogP contribution < -0.4 is 5.32 Å². The highest BCUT2D eigenvalue weighted by molar-refractivity contribution is 4.92. The Bertz CT molecular complexity index is 183. The number of hydrogen-bond acceptors (Lipinski definition) is 4. The van der Waals surface area contributed by atoms with Crippen LogP contribution in [0.15, 0.2) is 0 Å². The third kappa shape index (κ3) is 1.35. The molecule has 0 spiro atoms. The fourth-order valence-electron chi connectivity index (χ4n) is 1.84. The lowest BCUT2D eigenvalue weighted by molar-refractivity contribution is -0.152. The summed E-state index contributed by atoms with van der Waals surface area (Å²) in [5, 5.41) is 12.6. The quantitative estimate of drug-likeness (QED) is 0.517. The standard InChI is InChI=1S/C8H15NO3/c1-8(2)11-6-4-9-3-5(10)7(6)12-8/h5-7,9-10H,3-4H2,1-2H3/t5-,6+,7-/m1/s1. The molecule has 2 aliphatic heterocycles. The van der Waals surface area contributed by atoms with Crippen molar-refractivity contribution in [1.82, 2.24) is 5.32 Å². The number of hydrogen-bond donors (Lipinski definition) is 2. The predicted octanol–water partition coefficient (Wildman–Crippen LogP) is -0.529. The van der Waals surface area contributed by atoms with E-state index in [1.165, 1.54) is 0 Å². The van der Waals surface area contributed by atoms with Gasteiger partial charge < -0.3 is 19.9 Å². The van der Waals surface area contributed by atoms with Crippen molar-refractivity contribution in [3.8, 4) is 0 Å². The van der Waals surface area contributed by atoms with Crippen molar-refractivity contribution in [3.63, 3.8) is 0 Å². The van der Waals surface area contributed by atoms with Crippen molar-refractivity contribution in [2.75, 3.05) is 13.1 Å². The van der Waals surface area contributed by atoms with Crippen LogP contribution in [0.4, 0.5) is 0 Å². The molecule has 4 heteroatoms. The monoisotopic (exact) mass is 173 g/mol. The van der Waals surface area contributed by atoms with Gasteiger partial charge in [0.25, 0.3) is 0 Å². The van der Waals surface area contributed by atoms with Crippen LogP contribution in [0.1, 0.15) is 13.8 Å². The van der Waals surface area contributed by atoms with E-state index in [1.807, 2.05) is 13.8 Å². The summed E-state index contributed by atoms with van der Waals surface area (Å²) in [5.74, 6) is -0.539. The molecule has 3 atom stereocenters. The highest BCUT2D eigenvalue weighted by Gasteiger charge is 2.46. The lowest BCUT2D eigenvalue weighted by Crippen LogP contribution is -2.51. The van der Waals surface area contributed by atoms with Crippen molar-refractivity contribution in [2.24, 2.45) is 0 Å². The maximum absolute atomic E-state index is 9.54. The lowest BCUT2D eigenvalue weighted by Gasteiger charge is -2.27. The first-order valence-corrected chi connectivity index (χ1v) is 4.33. The molecular formula is C8H15NO3. The van der Waals surface area contributed by atoms with Gasteiger partial charge in [0.15, 0.2) is 5.79 Å². The third-order valence-corrected chi connectivity index (χ3v) is 2.30. The third-order valence-electron chi connectivity index (χ3n) is 2.30. The molecule has 0 saturated carbocycles. The van der Waals surface area contributed by atoms with Gasteiger partial charge in [-0.25, -0.2) is 0 Å². The molecule has 0 amide bonds. The zero-order valence-electron chi connectivity index (χ0n) is 7.41. The molecule has 2 heterocycles. The van der Waals surface area contributed by atoms with E-state index in [0.717, 1.165) is 6.54 Å². The van der Waals surface area contributed by atoms with Gasteiger partial charge >= 0.3 is 0 Å². The summed E-state index contributed by atoms with van der Waals surface area (Å²) in [6, 6.07) is 0. The minimum absolute atomic E-state index is 0.00347. The number of fused-ring (bicyclic) bond motifs is 1. The Kier molecular flexibility index (Phi) is 1.88. The topological polar surface area (TPSA) is 50.7 Å². The molecule has 0 aromatic carbocycles. The maximum atomic E-state index is 9.54. The second-order valence-corrected chi connectivity index (χ2v) is 3.86. The number of rotatable bonds is 0. The number of ether oxygens (including phenoxy) is 2. The normalized spacial score (nSPS) is 45.8. The van der Waals surface area contributed by atoms with Gasteiger partial charge in [-0.3, -0.25) is 0 Å². The van der Waals surface area contributed by atoms with Gasteiger partial charge in [0, 0.05) is 13.1 Å². The Morgan fingerprint density at radius 2 is 2.08 bits per heavy atom. The number of aliphatic hydroxyl groups excluding tert-OH is 1. The van der Waals surface area contributed by atoms with Crippen molar-refractivity contribution in [3.05, 3.63) is 0 Å². The first-order chi connectivity index (χ1) is 5.58.